The van der Waals surface area contributed by atoms with Gasteiger partial charge in [-0.3, -0.25) is 14.9 Å². The fourth-order valence-corrected chi connectivity index (χ4v) is 3.75. The van der Waals surface area contributed by atoms with Gasteiger partial charge in [-0.15, -0.1) is 0 Å². The van der Waals surface area contributed by atoms with Gasteiger partial charge < -0.3 is 0 Å². The molecule has 5 nitrogen and oxygen atoms in total. The number of rotatable bonds is 1. The van der Waals surface area contributed by atoms with Crippen molar-refractivity contribution in [3.63, 3.8) is 0 Å². The number of carbonyl (C=O) groups excluding carboxylic acids is 3. The third-order valence-corrected chi connectivity index (χ3v) is 5.18. The summed E-state index contributed by atoms with van der Waals surface area (Å²) in [6, 6.07) is 6.54. The molecule has 1 N–H and O–H groups in total. The summed E-state index contributed by atoms with van der Waals surface area (Å²) < 4.78 is 0.805. The molecule has 0 bridgehead atoms. The Morgan fingerprint density at radius 3 is 2.38 bits per heavy atom. The highest BCUT2D eigenvalue weighted by molar-refractivity contribution is 14.1. The van der Waals surface area contributed by atoms with E-state index < -0.39 is 17.4 Å². The van der Waals surface area contributed by atoms with E-state index in [-0.39, 0.29) is 5.91 Å². The van der Waals surface area contributed by atoms with Gasteiger partial charge in [-0.05, 0) is 47.6 Å². The van der Waals surface area contributed by atoms with Gasteiger partial charge in [0.05, 0.1) is 5.69 Å². The molecule has 1 spiro atoms. The Bertz CT molecular complexity index is 623. The largest absolute Gasteiger partial charge is 0.335 e. The number of urea groups is 1. The Hall–Kier alpha value is -1.44. The number of imide groups is 2. The van der Waals surface area contributed by atoms with Crippen LogP contribution in [0, 0.1) is 8.99 Å². The van der Waals surface area contributed by atoms with Crippen LogP contribution in [0.5, 0.6) is 0 Å². The molecule has 21 heavy (non-hydrogen) atoms. The maximum absolute atomic E-state index is 12.9. The van der Waals surface area contributed by atoms with Crippen LogP contribution >= 0.6 is 22.6 Å². The molecule has 0 radical (unpaired) electrons. The highest BCUT2D eigenvalue weighted by Crippen LogP contribution is 2.41. The Morgan fingerprint density at radius 1 is 1.05 bits per heavy atom. The average molecular weight is 398 g/mol. The number of nitrogens with one attached hydrogen (secondary N) is 1. The Morgan fingerprint density at radius 2 is 1.71 bits per heavy atom. The molecule has 3 rings (SSSR count). The van der Waals surface area contributed by atoms with Gasteiger partial charge in [0.2, 0.25) is 5.91 Å². The van der Waals surface area contributed by atoms with Crippen LogP contribution in [0.25, 0.3) is 0 Å². The van der Waals surface area contributed by atoms with E-state index in [4.69, 9.17) is 0 Å². The first-order chi connectivity index (χ1) is 10.1. The minimum Gasteiger partial charge on any atom is -0.276 e. The van der Waals surface area contributed by atoms with Gasteiger partial charge >= 0.3 is 6.03 Å². The summed E-state index contributed by atoms with van der Waals surface area (Å²) in [5, 5.41) is 2.37. The number of halogens is 1. The summed E-state index contributed by atoms with van der Waals surface area (Å²) in [5.41, 5.74) is -0.525. The second-order valence-corrected chi connectivity index (χ2v) is 6.66. The quantitative estimate of drug-likeness (QED) is 0.585. The topological polar surface area (TPSA) is 66.5 Å². The number of hydrogen-bond donors (Lipinski definition) is 1. The predicted octanol–water partition coefficient (Wildman–Crippen LogP) is 2.82. The first kappa shape index (κ1) is 14.5. The Balaban J connectivity index is 2.05. The number of anilines is 1. The minimum atomic E-state index is -1.06. The van der Waals surface area contributed by atoms with Crippen molar-refractivity contribution in [3.8, 4) is 0 Å². The zero-order valence-corrected chi connectivity index (χ0v) is 13.6. The average Bonchev–Trinajstić information content (AvgIpc) is 2.48. The maximum atomic E-state index is 12.9. The van der Waals surface area contributed by atoms with Crippen molar-refractivity contribution >= 4 is 46.1 Å². The molecule has 2 aliphatic rings. The lowest BCUT2D eigenvalue weighted by atomic mass is 9.71. The van der Waals surface area contributed by atoms with E-state index in [2.05, 4.69) is 27.9 Å². The van der Waals surface area contributed by atoms with Gasteiger partial charge in [0, 0.05) is 3.57 Å². The lowest BCUT2D eigenvalue weighted by Gasteiger charge is -2.41. The van der Waals surface area contributed by atoms with E-state index in [1.54, 1.807) is 12.1 Å². The van der Waals surface area contributed by atoms with Crippen LogP contribution < -0.4 is 10.2 Å². The van der Waals surface area contributed by atoms with Crippen molar-refractivity contribution in [1.29, 1.82) is 0 Å². The molecule has 1 aliphatic heterocycles. The monoisotopic (exact) mass is 398 g/mol. The minimum absolute atomic E-state index is 0.375. The fraction of sp³-hybridized carbons (Fsp3) is 0.400. The smallest absolute Gasteiger partial charge is 0.276 e. The van der Waals surface area contributed by atoms with Gasteiger partial charge in [0.15, 0.2) is 0 Å². The van der Waals surface area contributed by atoms with Crippen LogP contribution in [0.4, 0.5) is 10.5 Å². The van der Waals surface area contributed by atoms with E-state index in [0.29, 0.717) is 18.5 Å². The molecule has 6 heteroatoms. The summed E-state index contributed by atoms with van der Waals surface area (Å²) in [7, 11) is 0. The van der Waals surface area contributed by atoms with E-state index in [0.717, 1.165) is 27.7 Å². The van der Waals surface area contributed by atoms with E-state index in [1.807, 2.05) is 12.1 Å². The number of hydrogen-bond acceptors (Lipinski definition) is 3. The molecule has 0 unspecified atom stereocenters. The molecule has 4 amide bonds. The van der Waals surface area contributed by atoms with Crippen LogP contribution in [0.3, 0.4) is 0 Å². The number of nitrogens with zero attached hydrogens (tertiary/aromatic N) is 1. The first-order valence-corrected chi connectivity index (χ1v) is 8.09. The second-order valence-electron chi connectivity index (χ2n) is 5.49. The van der Waals surface area contributed by atoms with Crippen LogP contribution in [-0.4, -0.2) is 17.8 Å². The summed E-state index contributed by atoms with van der Waals surface area (Å²) in [6.45, 7) is 0. The standard InChI is InChI=1S/C15H15IN2O3/c16-10-6-2-3-7-11(10)18-13(20)15(8-4-1-5-9-15)12(19)17-14(18)21/h2-3,6-7H,1,4-5,8-9H2,(H,17,19,21). The fourth-order valence-electron chi connectivity index (χ4n) is 3.12. The third kappa shape index (κ3) is 2.25. The van der Waals surface area contributed by atoms with Crippen LogP contribution in [-0.2, 0) is 9.59 Å². The van der Waals surface area contributed by atoms with Crippen molar-refractivity contribution in [2.75, 3.05) is 4.90 Å². The van der Waals surface area contributed by atoms with Crippen molar-refractivity contribution in [1.82, 2.24) is 5.32 Å². The van der Waals surface area contributed by atoms with Gasteiger partial charge in [0.25, 0.3) is 5.91 Å². The molecule has 1 aromatic rings. The van der Waals surface area contributed by atoms with E-state index in [1.165, 1.54) is 0 Å². The molecule has 1 aliphatic carbocycles. The molecule has 110 valence electrons. The normalized spacial score (nSPS) is 21.6. The van der Waals surface area contributed by atoms with Crippen molar-refractivity contribution < 1.29 is 14.4 Å². The Labute approximate surface area is 136 Å². The number of benzene rings is 1. The van der Waals surface area contributed by atoms with Crippen LogP contribution in [0.15, 0.2) is 24.3 Å². The molecule has 2 fully saturated rings. The Kier molecular flexibility index (Phi) is 3.73. The molecule has 1 heterocycles. The molecular formula is C15H15IN2O3. The van der Waals surface area contributed by atoms with Gasteiger partial charge in [0.1, 0.15) is 5.41 Å². The van der Waals surface area contributed by atoms with Gasteiger partial charge in [-0.1, -0.05) is 31.4 Å². The zero-order valence-electron chi connectivity index (χ0n) is 11.4. The lowest BCUT2D eigenvalue weighted by molar-refractivity contribution is -0.144. The highest BCUT2D eigenvalue weighted by Gasteiger charge is 2.54. The van der Waals surface area contributed by atoms with Crippen LogP contribution in [0.2, 0.25) is 0 Å². The number of para-hydroxylation sites is 1. The molecule has 1 saturated carbocycles. The van der Waals surface area contributed by atoms with Crippen LogP contribution in [0.1, 0.15) is 32.1 Å². The van der Waals surface area contributed by atoms with Crippen molar-refractivity contribution in [2.45, 2.75) is 32.1 Å². The van der Waals surface area contributed by atoms with Gasteiger partial charge in [-0.25, -0.2) is 9.69 Å². The molecular weight excluding hydrogens is 383 g/mol. The summed E-state index contributed by atoms with van der Waals surface area (Å²) in [4.78, 5) is 38.5. The van der Waals surface area contributed by atoms with E-state index >= 15 is 0 Å². The molecule has 1 saturated heterocycles. The molecule has 0 aromatic heterocycles. The highest BCUT2D eigenvalue weighted by atomic mass is 127. The SMILES string of the molecule is O=C1NC(=O)C2(CCCCC2)C(=O)N1c1ccccc1I. The third-order valence-electron chi connectivity index (χ3n) is 4.27. The number of barbiturate groups is 1. The van der Waals surface area contributed by atoms with E-state index in [9.17, 15) is 14.4 Å². The summed E-state index contributed by atoms with van der Waals surface area (Å²) in [6.07, 6.45) is 3.75. The lowest BCUT2D eigenvalue weighted by Crippen LogP contribution is -2.64. The van der Waals surface area contributed by atoms with Gasteiger partial charge in [-0.2, -0.15) is 0 Å². The number of amides is 4. The predicted molar refractivity (Wildman–Crippen MR) is 85.7 cm³/mol. The van der Waals surface area contributed by atoms with Crippen molar-refractivity contribution in [2.24, 2.45) is 5.41 Å². The summed E-state index contributed by atoms with van der Waals surface area (Å²) >= 11 is 2.09. The first-order valence-electron chi connectivity index (χ1n) is 7.01. The second kappa shape index (κ2) is 5.40. The number of carbonyl (C=O) groups is 3. The van der Waals surface area contributed by atoms with Crippen molar-refractivity contribution in [3.05, 3.63) is 27.8 Å². The maximum Gasteiger partial charge on any atom is 0.335 e. The molecule has 0 atom stereocenters. The summed E-state index contributed by atoms with van der Waals surface area (Å²) in [5.74, 6) is -0.806. The molecule has 1 aromatic carbocycles. The zero-order chi connectivity index (χ0) is 15.0.